The summed E-state index contributed by atoms with van der Waals surface area (Å²) in [6, 6.07) is 14.4. The smallest absolute Gasteiger partial charge is 0.260 e. The molecular weight excluding hydrogens is 439 g/mol. The fraction of sp³-hybridized carbons (Fsp3) is 0.227. The van der Waals surface area contributed by atoms with Gasteiger partial charge >= 0.3 is 0 Å². The van der Waals surface area contributed by atoms with E-state index in [1.807, 2.05) is 30.3 Å². The summed E-state index contributed by atoms with van der Waals surface area (Å²) in [5.41, 5.74) is 2.56. The number of aromatic nitrogens is 2. The van der Waals surface area contributed by atoms with Crippen molar-refractivity contribution in [1.29, 1.82) is 0 Å². The lowest BCUT2D eigenvalue weighted by Crippen LogP contribution is -2.27. The summed E-state index contributed by atoms with van der Waals surface area (Å²) in [6.45, 7) is 2.94. The third kappa shape index (κ3) is 5.64. The molecule has 0 spiro atoms. The minimum Gasteiger partial charge on any atom is -0.383 e. The summed E-state index contributed by atoms with van der Waals surface area (Å²) < 4.78 is 6.49. The fourth-order valence-corrected chi connectivity index (χ4v) is 3.59. The Morgan fingerprint density at radius 1 is 1.10 bits per heavy atom. The number of carbonyl (C=O) groups is 2. The van der Waals surface area contributed by atoms with Crippen molar-refractivity contribution >= 4 is 40.7 Å². The standard InChI is InChI=1S/C22H22Cl2N4O3/c1-14-19(20(24)28(27-14)13-15-6-4-3-5-7-15)22(30)26-16-8-9-17(18(23)12-16)21(29)25-10-11-31-2/h3-9,12H,10-11,13H2,1-2H3,(H,25,29)(H,26,30). The molecule has 0 fully saturated rings. The molecule has 1 aromatic heterocycles. The van der Waals surface area contributed by atoms with Crippen LogP contribution in [0.25, 0.3) is 0 Å². The molecule has 0 atom stereocenters. The summed E-state index contributed by atoms with van der Waals surface area (Å²) in [7, 11) is 1.55. The average Bonchev–Trinajstić information content (AvgIpc) is 3.02. The number of halogens is 2. The summed E-state index contributed by atoms with van der Waals surface area (Å²) in [5.74, 6) is -0.726. The number of methoxy groups -OCH3 is 1. The molecule has 0 unspecified atom stereocenters. The van der Waals surface area contributed by atoms with Gasteiger partial charge in [-0.3, -0.25) is 9.59 Å². The molecule has 162 valence electrons. The topological polar surface area (TPSA) is 85.2 Å². The van der Waals surface area contributed by atoms with Gasteiger partial charge in [0.15, 0.2) is 0 Å². The summed E-state index contributed by atoms with van der Waals surface area (Å²) >= 11 is 12.7. The largest absolute Gasteiger partial charge is 0.383 e. The van der Waals surface area contributed by atoms with Crippen LogP contribution in [0.5, 0.6) is 0 Å². The molecule has 0 saturated carbocycles. The minimum atomic E-state index is -0.407. The highest BCUT2D eigenvalue weighted by Gasteiger charge is 2.21. The van der Waals surface area contributed by atoms with Crippen molar-refractivity contribution in [2.75, 3.05) is 25.6 Å². The number of aryl methyl sites for hydroxylation is 1. The second-order valence-electron chi connectivity index (χ2n) is 6.79. The zero-order chi connectivity index (χ0) is 22.4. The van der Waals surface area contributed by atoms with E-state index in [-0.39, 0.29) is 21.6 Å². The van der Waals surface area contributed by atoms with Crippen molar-refractivity contribution in [1.82, 2.24) is 15.1 Å². The number of amides is 2. The van der Waals surface area contributed by atoms with Gasteiger partial charge in [0.2, 0.25) is 0 Å². The monoisotopic (exact) mass is 460 g/mol. The van der Waals surface area contributed by atoms with E-state index in [9.17, 15) is 9.59 Å². The Morgan fingerprint density at radius 3 is 2.52 bits per heavy atom. The highest BCUT2D eigenvalue weighted by molar-refractivity contribution is 6.35. The molecule has 3 aromatic rings. The van der Waals surface area contributed by atoms with Crippen molar-refractivity contribution in [3.63, 3.8) is 0 Å². The average molecular weight is 461 g/mol. The number of ether oxygens (including phenoxy) is 1. The quantitative estimate of drug-likeness (QED) is 0.493. The van der Waals surface area contributed by atoms with Crippen molar-refractivity contribution in [3.8, 4) is 0 Å². The summed E-state index contributed by atoms with van der Waals surface area (Å²) in [5, 5.41) is 10.3. The third-order valence-corrected chi connectivity index (χ3v) is 5.23. The molecular formula is C22H22Cl2N4O3. The van der Waals surface area contributed by atoms with Crippen LogP contribution < -0.4 is 10.6 Å². The summed E-state index contributed by atoms with van der Waals surface area (Å²) in [6.07, 6.45) is 0. The van der Waals surface area contributed by atoms with Gasteiger partial charge in [0.05, 0.1) is 35.0 Å². The molecule has 1 heterocycles. The Hall–Kier alpha value is -2.87. The van der Waals surface area contributed by atoms with Gasteiger partial charge in [-0.1, -0.05) is 53.5 Å². The first-order chi connectivity index (χ1) is 14.9. The van der Waals surface area contributed by atoms with Crippen LogP contribution in [0.15, 0.2) is 48.5 Å². The van der Waals surface area contributed by atoms with E-state index in [1.54, 1.807) is 30.8 Å². The van der Waals surface area contributed by atoms with Crippen LogP contribution in [0, 0.1) is 6.92 Å². The molecule has 0 aliphatic heterocycles. The molecule has 0 aliphatic rings. The van der Waals surface area contributed by atoms with Gasteiger partial charge in [-0.25, -0.2) is 4.68 Å². The maximum Gasteiger partial charge on any atom is 0.260 e. The van der Waals surface area contributed by atoms with Crippen molar-refractivity contribution < 1.29 is 14.3 Å². The number of nitrogens with one attached hydrogen (secondary N) is 2. The van der Waals surface area contributed by atoms with Crippen molar-refractivity contribution in [2.45, 2.75) is 13.5 Å². The summed E-state index contributed by atoms with van der Waals surface area (Å²) in [4.78, 5) is 25.0. The number of benzene rings is 2. The van der Waals surface area contributed by atoms with E-state index in [1.165, 1.54) is 6.07 Å². The van der Waals surface area contributed by atoms with Gasteiger partial charge in [0.25, 0.3) is 11.8 Å². The molecule has 31 heavy (non-hydrogen) atoms. The van der Waals surface area contributed by atoms with E-state index in [4.69, 9.17) is 27.9 Å². The molecule has 7 nitrogen and oxygen atoms in total. The van der Waals surface area contributed by atoms with Crippen LogP contribution in [-0.4, -0.2) is 41.9 Å². The Balaban J connectivity index is 1.73. The number of hydrogen-bond acceptors (Lipinski definition) is 4. The molecule has 3 rings (SSSR count). The van der Waals surface area contributed by atoms with Crippen LogP contribution in [0.1, 0.15) is 32.0 Å². The SMILES string of the molecule is COCCNC(=O)c1ccc(NC(=O)c2c(C)nn(Cc3ccccc3)c2Cl)cc1Cl. The van der Waals surface area contributed by atoms with Gasteiger partial charge in [0.1, 0.15) is 5.15 Å². The highest BCUT2D eigenvalue weighted by atomic mass is 35.5. The zero-order valence-electron chi connectivity index (χ0n) is 17.1. The number of carbonyl (C=O) groups excluding carboxylic acids is 2. The maximum atomic E-state index is 12.8. The molecule has 0 radical (unpaired) electrons. The molecule has 2 N–H and O–H groups in total. The van der Waals surface area contributed by atoms with Crippen LogP contribution >= 0.6 is 23.2 Å². The molecule has 2 amide bonds. The molecule has 0 aliphatic carbocycles. The van der Waals surface area contributed by atoms with Gasteiger partial charge < -0.3 is 15.4 Å². The first-order valence-corrected chi connectivity index (χ1v) is 10.3. The lowest BCUT2D eigenvalue weighted by molar-refractivity contribution is 0.0936. The number of hydrogen-bond donors (Lipinski definition) is 2. The fourth-order valence-electron chi connectivity index (χ4n) is 3.00. The lowest BCUT2D eigenvalue weighted by Gasteiger charge is -2.09. The Morgan fingerprint density at radius 2 is 1.84 bits per heavy atom. The predicted octanol–water partition coefficient (Wildman–Crippen LogP) is 4.18. The molecule has 2 aromatic carbocycles. The molecule has 0 saturated heterocycles. The Labute approximate surface area is 190 Å². The van der Waals surface area contributed by atoms with Crippen LogP contribution in [-0.2, 0) is 11.3 Å². The second kappa shape index (κ2) is 10.4. The van der Waals surface area contributed by atoms with Crippen molar-refractivity contribution in [2.24, 2.45) is 0 Å². The van der Waals surface area contributed by atoms with Gasteiger partial charge in [0, 0.05) is 19.3 Å². The van der Waals surface area contributed by atoms with E-state index >= 15 is 0 Å². The lowest BCUT2D eigenvalue weighted by atomic mass is 10.1. The van der Waals surface area contributed by atoms with Gasteiger partial charge in [-0.2, -0.15) is 5.10 Å². The van der Waals surface area contributed by atoms with Gasteiger partial charge in [-0.05, 0) is 30.7 Å². The molecule has 9 heteroatoms. The van der Waals surface area contributed by atoms with E-state index in [2.05, 4.69) is 15.7 Å². The maximum absolute atomic E-state index is 12.8. The van der Waals surface area contributed by atoms with E-state index < -0.39 is 5.91 Å². The number of rotatable bonds is 8. The predicted molar refractivity (Wildman–Crippen MR) is 121 cm³/mol. The van der Waals surface area contributed by atoms with E-state index in [0.717, 1.165) is 5.56 Å². The number of anilines is 1. The van der Waals surface area contributed by atoms with Gasteiger partial charge in [-0.15, -0.1) is 0 Å². The van der Waals surface area contributed by atoms with Crippen LogP contribution in [0.2, 0.25) is 10.2 Å². The minimum absolute atomic E-state index is 0.218. The highest BCUT2D eigenvalue weighted by Crippen LogP contribution is 2.25. The Bertz CT molecular complexity index is 1080. The van der Waals surface area contributed by atoms with Crippen LogP contribution in [0.4, 0.5) is 5.69 Å². The van der Waals surface area contributed by atoms with Crippen LogP contribution in [0.3, 0.4) is 0 Å². The second-order valence-corrected chi connectivity index (χ2v) is 7.56. The number of nitrogens with zero attached hydrogens (tertiary/aromatic N) is 2. The first kappa shape index (κ1) is 22.8. The normalized spacial score (nSPS) is 10.7. The zero-order valence-corrected chi connectivity index (χ0v) is 18.6. The molecule has 0 bridgehead atoms. The van der Waals surface area contributed by atoms with Crippen molar-refractivity contribution in [3.05, 3.63) is 81.1 Å². The third-order valence-electron chi connectivity index (χ3n) is 4.53. The van der Waals surface area contributed by atoms with E-state index in [0.29, 0.717) is 36.6 Å². The Kier molecular flexibility index (Phi) is 7.68. The first-order valence-electron chi connectivity index (χ1n) is 9.55.